The lowest BCUT2D eigenvalue weighted by Crippen LogP contribution is -2.40. The molecule has 0 spiro atoms. The van der Waals surface area contributed by atoms with Crippen molar-refractivity contribution in [2.45, 2.75) is 4.90 Å². The molecule has 12 heteroatoms. The quantitative estimate of drug-likeness (QED) is 0.601. The van der Waals surface area contributed by atoms with Gasteiger partial charge in [-0.25, -0.2) is 13.4 Å². The minimum atomic E-state index is -3.83. The van der Waals surface area contributed by atoms with Crippen LogP contribution >= 0.6 is 11.6 Å². The van der Waals surface area contributed by atoms with Gasteiger partial charge in [0, 0.05) is 19.3 Å². The number of halogens is 1. The summed E-state index contributed by atoms with van der Waals surface area (Å²) in [6.07, 6.45) is 2.84. The van der Waals surface area contributed by atoms with Crippen LogP contribution in [0, 0.1) is 11.3 Å². The first-order valence-corrected chi connectivity index (χ1v) is 11.3. The first-order valence-electron chi connectivity index (χ1n) is 9.50. The molecule has 1 aliphatic heterocycles. The van der Waals surface area contributed by atoms with E-state index in [1.165, 1.54) is 33.4 Å². The van der Waals surface area contributed by atoms with Crippen LogP contribution in [0.2, 0.25) is 5.02 Å². The van der Waals surface area contributed by atoms with E-state index in [1.807, 2.05) is 6.07 Å². The van der Waals surface area contributed by atoms with Crippen molar-refractivity contribution < 1.29 is 17.9 Å². The van der Waals surface area contributed by atoms with E-state index in [1.54, 1.807) is 24.4 Å². The summed E-state index contributed by atoms with van der Waals surface area (Å²) in [6.45, 7) is 1.05. The molecule has 4 rings (SSSR count). The van der Waals surface area contributed by atoms with Gasteiger partial charge in [-0.2, -0.15) is 19.3 Å². The molecule has 3 aromatic rings. The summed E-state index contributed by atoms with van der Waals surface area (Å²) in [4.78, 5) is 17.2. The zero-order valence-corrected chi connectivity index (χ0v) is 18.2. The number of nitrogens with one attached hydrogen (secondary N) is 1. The molecule has 164 valence electrons. The lowest BCUT2D eigenvalue weighted by molar-refractivity contribution is 0.0730. The average molecular weight is 473 g/mol. The van der Waals surface area contributed by atoms with Crippen LogP contribution in [0.4, 0.5) is 5.82 Å². The van der Waals surface area contributed by atoms with Crippen molar-refractivity contribution in [2.75, 3.05) is 31.6 Å². The highest BCUT2D eigenvalue weighted by Crippen LogP contribution is 2.26. The minimum Gasteiger partial charge on any atom is -0.379 e. The third kappa shape index (κ3) is 4.21. The van der Waals surface area contributed by atoms with Gasteiger partial charge in [0.15, 0.2) is 11.6 Å². The Morgan fingerprint density at radius 3 is 2.69 bits per heavy atom. The van der Waals surface area contributed by atoms with Crippen LogP contribution in [0.15, 0.2) is 53.7 Å². The Labute approximate surface area is 189 Å². The summed E-state index contributed by atoms with van der Waals surface area (Å²) in [7, 11) is -3.83. The van der Waals surface area contributed by atoms with Crippen LogP contribution in [-0.2, 0) is 14.8 Å². The summed E-state index contributed by atoms with van der Waals surface area (Å²) in [5.74, 6) is -0.212. The van der Waals surface area contributed by atoms with E-state index in [2.05, 4.69) is 15.4 Å². The second-order valence-corrected chi connectivity index (χ2v) is 9.08. The summed E-state index contributed by atoms with van der Waals surface area (Å²) < 4.78 is 33.7. The van der Waals surface area contributed by atoms with Gasteiger partial charge >= 0.3 is 0 Å². The van der Waals surface area contributed by atoms with Crippen LogP contribution in [0.3, 0.4) is 0 Å². The Balaban J connectivity index is 1.68. The number of nitriles is 1. The maximum absolute atomic E-state index is 13.0. The lowest BCUT2D eigenvalue weighted by Gasteiger charge is -2.26. The lowest BCUT2D eigenvalue weighted by atomic mass is 10.2. The molecular formula is C20H17ClN6O4S. The van der Waals surface area contributed by atoms with Crippen molar-refractivity contribution in [1.82, 2.24) is 19.1 Å². The molecule has 0 bridgehead atoms. The number of hydrogen-bond donors (Lipinski definition) is 1. The Hall–Kier alpha value is -3.30. The van der Waals surface area contributed by atoms with Crippen molar-refractivity contribution in [3.8, 4) is 11.9 Å². The molecule has 0 unspecified atom stereocenters. The number of rotatable bonds is 5. The van der Waals surface area contributed by atoms with E-state index in [-0.39, 0.29) is 40.0 Å². The van der Waals surface area contributed by atoms with Crippen LogP contribution in [0.1, 0.15) is 15.9 Å². The van der Waals surface area contributed by atoms with Gasteiger partial charge in [-0.05, 0) is 30.3 Å². The molecule has 1 aliphatic rings. The van der Waals surface area contributed by atoms with Crippen molar-refractivity contribution in [2.24, 2.45) is 0 Å². The number of ether oxygens (including phenoxy) is 1. The molecule has 32 heavy (non-hydrogen) atoms. The highest BCUT2D eigenvalue weighted by atomic mass is 35.5. The molecule has 1 aromatic carbocycles. The molecular weight excluding hydrogens is 456 g/mol. The van der Waals surface area contributed by atoms with Crippen molar-refractivity contribution in [1.29, 1.82) is 5.26 Å². The third-order valence-electron chi connectivity index (χ3n) is 4.78. The average Bonchev–Trinajstić information content (AvgIpc) is 3.22. The van der Waals surface area contributed by atoms with Gasteiger partial charge in [0.25, 0.3) is 5.91 Å². The normalized spacial score (nSPS) is 14.6. The molecule has 0 radical (unpaired) electrons. The van der Waals surface area contributed by atoms with Gasteiger partial charge in [0.05, 0.1) is 34.9 Å². The smallest absolute Gasteiger partial charge is 0.258 e. The molecule has 1 N–H and O–H groups in total. The van der Waals surface area contributed by atoms with E-state index >= 15 is 0 Å². The summed E-state index contributed by atoms with van der Waals surface area (Å²) in [5, 5.41) is 16.2. The number of hydrogen-bond acceptors (Lipinski definition) is 7. The number of carbonyl (C=O) groups excluding carboxylic acids is 1. The fraction of sp³-hybridized carbons (Fsp3) is 0.200. The molecule has 10 nitrogen and oxygen atoms in total. The van der Waals surface area contributed by atoms with Gasteiger partial charge in [0.2, 0.25) is 10.0 Å². The molecule has 1 saturated heterocycles. The molecule has 0 aliphatic carbocycles. The monoisotopic (exact) mass is 472 g/mol. The summed E-state index contributed by atoms with van der Waals surface area (Å²) in [5.41, 5.74) is 0.0517. The second kappa shape index (κ2) is 9.05. The van der Waals surface area contributed by atoms with Gasteiger partial charge in [-0.3, -0.25) is 4.79 Å². The fourth-order valence-electron chi connectivity index (χ4n) is 3.15. The number of carbonyl (C=O) groups is 1. The van der Waals surface area contributed by atoms with E-state index in [0.29, 0.717) is 19.0 Å². The van der Waals surface area contributed by atoms with Gasteiger partial charge in [0.1, 0.15) is 11.6 Å². The van der Waals surface area contributed by atoms with Crippen LogP contribution < -0.4 is 5.32 Å². The van der Waals surface area contributed by atoms with Crippen LogP contribution in [0.5, 0.6) is 0 Å². The Kier molecular flexibility index (Phi) is 6.20. The predicted molar refractivity (Wildman–Crippen MR) is 115 cm³/mol. The minimum absolute atomic E-state index is 0.0568. The maximum Gasteiger partial charge on any atom is 0.258 e. The molecule has 0 atom stereocenters. The van der Waals surface area contributed by atoms with Crippen molar-refractivity contribution >= 4 is 33.3 Å². The molecule has 1 amide bonds. The number of amides is 1. The topological polar surface area (TPSA) is 130 Å². The first-order chi connectivity index (χ1) is 15.4. The molecule has 3 heterocycles. The number of aromatic nitrogens is 3. The van der Waals surface area contributed by atoms with Crippen LogP contribution in [0.25, 0.3) is 5.82 Å². The first kappa shape index (κ1) is 21.9. The number of pyridine rings is 1. The van der Waals surface area contributed by atoms with Crippen molar-refractivity contribution in [3.05, 3.63) is 64.9 Å². The van der Waals surface area contributed by atoms with Gasteiger partial charge in [-0.1, -0.05) is 17.7 Å². The Morgan fingerprint density at radius 1 is 1.22 bits per heavy atom. The number of anilines is 1. The highest BCUT2D eigenvalue weighted by molar-refractivity contribution is 7.89. The zero-order chi connectivity index (χ0) is 22.7. The largest absolute Gasteiger partial charge is 0.379 e. The number of sulfonamides is 1. The van der Waals surface area contributed by atoms with E-state index in [0.717, 1.165) is 0 Å². The SMILES string of the molecule is N#Cc1cnn(-c2ccccn2)c1NC(=O)c1cc(S(=O)(=O)N2CCOCC2)ccc1Cl. The zero-order valence-electron chi connectivity index (χ0n) is 16.6. The second-order valence-electron chi connectivity index (χ2n) is 6.73. The van der Waals surface area contributed by atoms with Crippen molar-refractivity contribution in [3.63, 3.8) is 0 Å². The number of benzene rings is 1. The van der Waals surface area contributed by atoms with E-state index in [9.17, 15) is 18.5 Å². The highest BCUT2D eigenvalue weighted by Gasteiger charge is 2.28. The fourth-order valence-corrected chi connectivity index (χ4v) is 4.79. The molecule has 1 fully saturated rings. The molecule has 2 aromatic heterocycles. The van der Waals surface area contributed by atoms with Crippen LogP contribution in [-0.4, -0.2) is 59.7 Å². The Bertz CT molecular complexity index is 1300. The van der Waals surface area contributed by atoms with E-state index in [4.69, 9.17) is 16.3 Å². The predicted octanol–water partition coefficient (Wildman–Crippen LogP) is 2.07. The van der Waals surface area contributed by atoms with Gasteiger partial charge < -0.3 is 10.1 Å². The summed E-state index contributed by atoms with van der Waals surface area (Å²) >= 11 is 6.21. The summed E-state index contributed by atoms with van der Waals surface area (Å²) in [6, 6.07) is 11.0. The Morgan fingerprint density at radius 2 is 2.00 bits per heavy atom. The molecule has 0 saturated carbocycles. The standard InChI is InChI=1S/C20H17ClN6O4S/c21-17-5-4-15(32(29,30)26-7-9-31-10-8-26)11-16(17)20(28)25-19-14(12-22)13-24-27(19)18-3-1-2-6-23-18/h1-6,11,13H,7-10H2,(H,25,28). The van der Waals surface area contributed by atoms with E-state index < -0.39 is 15.9 Å². The third-order valence-corrected chi connectivity index (χ3v) is 7.00. The number of nitrogens with zero attached hydrogens (tertiary/aromatic N) is 5. The maximum atomic E-state index is 13.0. The van der Waals surface area contributed by atoms with Gasteiger partial charge in [-0.15, -0.1) is 0 Å². The number of morpholine rings is 1.